The van der Waals surface area contributed by atoms with Gasteiger partial charge in [-0.1, -0.05) is 0 Å². The zero-order valence-electron chi connectivity index (χ0n) is 18.7. The third-order valence-corrected chi connectivity index (χ3v) is 6.66. The largest absolute Gasteiger partial charge is 0.494 e. The predicted octanol–water partition coefficient (Wildman–Crippen LogP) is 3.89. The number of amides is 1. The molecule has 33 heavy (non-hydrogen) atoms. The van der Waals surface area contributed by atoms with Gasteiger partial charge in [-0.25, -0.2) is 9.97 Å². The van der Waals surface area contributed by atoms with Crippen molar-refractivity contribution in [2.75, 3.05) is 11.9 Å². The van der Waals surface area contributed by atoms with Crippen LogP contribution in [0.5, 0.6) is 5.75 Å². The highest BCUT2D eigenvalue weighted by atomic mass is 32.1. The number of thiophene rings is 1. The lowest BCUT2D eigenvalue weighted by molar-refractivity contribution is -0.116. The molecule has 0 aliphatic carbocycles. The number of aromatic nitrogens is 3. The van der Waals surface area contributed by atoms with Crippen molar-refractivity contribution in [1.82, 2.24) is 14.5 Å². The van der Waals surface area contributed by atoms with E-state index in [4.69, 9.17) is 14.5 Å². The van der Waals surface area contributed by atoms with E-state index in [1.807, 2.05) is 26.8 Å². The van der Waals surface area contributed by atoms with Gasteiger partial charge in [-0.15, -0.1) is 11.3 Å². The van der Waals surface area contributed by atoms with E-state index < -0.39 is 0 Å². The van der Waals surface area contributed by atoms with Crippen molar-refractivity contribution in [3.8, 4) is 5.75 Å². The Kier molecular flexibility index (Phi) is 5.38. The molecule has 0 saturated heterocycles. The molecule has 4 aromatic rings. The van der Waals surface area contributed by atoms with Crippen LogP contribution < -0.4 is 15.6 Å². The maximum Gasteiger partial charge on any atom is 0.271 e. The molecule has 0 spiro atoms. The fraction of sp³-hybridized carbons (Fsp3) is 0.333. The fourth-order valence-corrected chi connectivity index (χ4v) is 5.03. The Morgan fingerprint density at radius 3 is 2.85 bits per heavy atom. The number of hydrogen-bond acceptors (Lipinski definition) is 7. The Bertz CT molecular complexity index is 1420. The lowest BCUT2D eigenvalue weighted by Gasteiger charge is -2.30. The number of benzene rings is 1. The van der Waals surface area contributed by atoms with Crippen LogP contribution in [0.4, 0.5) is 5.69 Å². The van der Waals surface area contributed by atoms with Crippen LogP contribution in [0.3, 0.4) is 0 Å². The number of nitrogens with zero attached hydrogens (tertiary/aromatic N) is 3. The Hall–Kier alpha value is -3.30. The summed E-state index contributed by atoms with van der Waals surface area (Å²) in [5.41, 5.74) is 2.77. The molecule has 0 unspecified atom stereocenters. The van der Waals surface area contributed by atoms with Gasteiger partial charge in [0.05, 0.1) is 36.4 Å². The highest BCUT2D eigenvalue weighted by Gasteiger charge is 2.28. The van der Waals surface area contributed by atoms with Crippen molar-refractivity contribution < 1.29 is 14.3 Å². The molecule has 3 aromatic heterocycles. The Morgan fingerprint density at radius 1 is 1.30 bits per heavy atom. The van der Waals surface area contributed by atoms with Crippen LogP contribution in [-0.2, 0) is 29.1 Å². The maximum atomic E-state index is 13.1. The molecule has 0 radical (unpaired) electrons. The zero-order chi connectivity index (χ0) is 23.2. The molecule has 0 fully saturated rings. The molecule has 1 amide bonds. The van der Waals surface area contributed by atoms with Crippen molar-refractivity contribution in [2.24, 2.45) is 0 Å². The predicted molar refractivity (Wildman–Crippen MR) is 128 cm³/mol. The molecule has 4 heterocycles. The average molecular weight is 465 g/mol. The molecule has 0 atom stereocenters. The van der Waals surface area contributed by atoms with Gasteiger partial charge in [-0.05, 0) is 51.1 Å². The average Bonchev–Trinajstić information content (AvgIpc) is 3.13. The van der Waals surface area contributed by atoms with E-state index in [1.165, 1.54) is 22.2 Å². The van der Waals surface area contributed by atoms with Gasteiger partial charge in [0, 0.05) is 23.1 Å². The van der Waals surface area contributed by atoms with Gasteiger partial charge in [-0.3, -0.25) is 14.2 Å². The SMILES string of the molecule is CCOc1ccc(NC(=O)Cn2cnc3c(sc4nc5c(cc43)COC(C)(C)C5)c2=O)cc1. The summed E-state index contributed by atoms with van der Waals surface area (Å²) in [6.45, 7) is 6.94. The summed E-state index contributed by atoms with van der Waals surface area (Å²) >= 11 is 1.32. The number of anilines is 1. The van der Waals surface area contributed by atoms with Gasteiger partial charge in [0.25, 0.3) is 5.56 Å². The summed E-state index contributed by atoms with van der Waals surface area (Å²) in [5.74, 6) is 0.424. The first kappa shape index (κ1) is 21.5. The van der Waals surface area contributed by atoms with Gasteiger partial charge in [-0.2, -0.15) is 0 Å². The summed E-state index contributed by atoms with van der Waals surface area (Å²) in [5, 5.41) is 3.65. The summed E-state index contributed by atoms with van der Waals surface area (Å²) in [7, 11) is 0. The van der Waals surface area contributed by atoms with Gasteiger partial charge in [0.2, 0.25) is 5.91 Å². The number of fused-ring (bicyclic) bond motifs is 4. The van der Waals surface area contributed by atoms with Crippen molar-refractivity contribution in [3.63, 3.8) is 0 Å². The molecule has 1 aliphatic rings. The summed E-state index contributed by atoms with van der Waals surface area (Å²) in [4.78, 5) is 35.7. The smallest absolute Gasteiger partial charge is 0.271 e. The highest BCUT2D eigenvalue weighted by molar-refractivity contribution is 7.25. The van der Waals surface area contributed by atoms with E-state index in [-0.39, 0.29) is 23.6 Å². The second kappa shape index (κ2) is 8.24. The first-order chi connectivity index (χ1) is 15.8. The standard InChI is InChI=1S/C24H24N4O4S/c1-4-31-16-7-5-15(6-8-16)26-19(29)11-28-13-25-20-17-9-14-12-32-24(2,3)10-18(14)27-22(17)33-21(20)23(28)30/h5-9,13H,4,10-12H2,1-3H3,(H,26,29). The van der Waals surface area contributed by atoms with E-state index in [9.17, 15) is 9.59 Å². The minimum atomic E-state index is -0.309. The third kappa shape index (κ3) is 4.21. The number of hydrogen-bond donors (Lipinski definition) is 1. The van der Waals surface area contributed by atoms with Crippen LogP contribution in [0.15, 0.2) is 41.5 Å². The summed E-state index contributed by atoms with van der Waals surface area (Å²) in [6, 6.07) is 9.12. The molecule has 0 saturated carbocycles. The monoisotopic (exact) mass is 464 g/mol. The van der Waals surface area contributed by atoms with Crippen LogP contribution in [0.1, 0.15) is 32.0 Å². The molecule has 5 rings (SSSR count). The lowest BCUT2D eigenvalue weighted by Crippen LogP contribution is -2.32. The van der Waals surface area contributed by atoms with E-state index >= 15 is 0 Å². The molecule has 1 aliphatic heterocycles. The minimum Gasteiger partial charge on any atom is -0.494 e. The first-order valence-electron chi connectivity index (χ1n) is 10.8. The molecule has 170 valence electrons. The van der Waals surface area contributed by atoms with E-state index in [2.05, 4.69) is 10.3 Å². The van der Waals surface area contributed by atoms with Crippen LogP contribution in [0, 0.1) is 0 Å². The molecule has 0 bridgehead atoms. The normalized spacial score (nSPS) is 14.9. The van der Waals surface area contributed by atoms with Gasteiger partial charge in [0.15, 0.2) is 0 Å². The molecular weight excluding hydrogens is 440 g/mol. The Labute approximate surface area is 194 Å². The maximum absolute atomic E-state index is 13.1. The van der Waals surface area contributed by atoms with Crippen LogP contribution in [0.2, 0.25) is 0 Å². The fourth-order valence-electron chi connectivity index (χ4n) is 3.95. The lowest BCUT2D eigenvalue weighted by atomic mass is 9.95. The van der Waals surface area contributed by atoms with Crippen molar-refractivity contribution >= 4 is 43.4 Å². The second-order valence-corrected chi connectivity index (χ2v) is 9.63. The second-order valence-electron chi connectivity index (χ2n) is 8.64. The topological polar surface area (TPSA) is 95.3 Å². The number of ether oxygens (including phenoxy) is 2. The van der Waals surface area contributed by atoms with E-state index in [1.54, 1.807) is 24.3 Å². The quantitative estimate of drug-likeness (QED) is 0.481. The summed E-state index contributed by atoms with van der Waals surface area (Å²) in [6.07, 6.45) is 2.14. The Balaban J connectivity index is 1.41. The number of rotatable bonds is 5. The zero-order valence-corrected chi connectivity index (χ0v) is 19.5. The van der Waals surface area contributed by atoms with Gasteiger partial charge < -0.3 is 14.8 Å². The van der Waals surface area contributed by atoms with E-state index in [0.29, 0.717) is 29.1 Å². The van der Waals surface area contributed by atoms with Crippen molar-refractivity contribution in [2.45, 2.75) is 45.9 Å². The van der Waals surface area contributed by atoms with Crippen LogP contribution in [-0.4, -0.2) is 32.7 Å². The first-order valence-corrected chi connectivity index (χ1v) is 11.6. The van der Waals surface area contributed by atoms with Crippen LogP contribution in [0.25, 0.3) is 20.4 Å². The van der Waals surface area contributed by atoms with E-state index in [0.717, 1.165) is 33.6 Å². The van der Waals surface area contributed by atoms with Crippen molar-refractivity contribution in [3.05, 3.63) is 58.3 Å². The molecule has 8 nitrogen and oxygen atoms in total. The minimum absolute atomic E-state index is 0.130. The van der Waals surface area contributed by atoms with Gasteiger partial charge >= 0.3 is 0 Å². The van der Waals surface area contributed by atoms with Crippen LogP contribution >= 0.6 is 11.3 Å². The van der Waals surface area contributed by atoms with Crippen molar-refractivity contribution in [1.29, 1.82) is 0 Å². The molecule has 1 N–H and O–H groups in total. The number of pyridine rings is 1. The number of carbonyl (C=O) groups excluding carboxylic acids is 1. The third-order valence-electron chi connectivity index (χ3n) is 5.58. The highest BCUT2D eigenvalue weighted by Crippen LogP contribution is 2.34. The summed E-state index contributed by atoms with van der Waals surface area (Å²) < 4.78 is 13.1. The number of carbonyl (C=O) groups is 1. The van der Waals surface area contributed by atoms with Gasteiger partial charge in [0.1, 0.15) is 21.8 Å². The number of nitrogens with one attached hydrogen (secondary N) is 1. The molecule has 9 heteroatoms. The molecular formula is C24H24N4O4S. The Morgan fingerprint density at radius 2 is 2.09 bits per heavy atom. The molecule has 1 aromatic carbocycles.